The predicted molar refractivity (Wildman–Crippen MR) is 243 cm³/mol. The number of benzene rings is 2. The Morgan fingerprint density at radius 3 is 2.07 bits per heavy atom. The minimum Gasteiger partial charge on any atom is -0.453 e. The molecule has 2 aliphatic carbocycles. The number of nitrogens with one attached hydrogen (secondary N) is 1. The fourth-order valence-electron chi connectivity index (χ4n) is 7.76. The number of anilines is 3. The molecule has 0 radical (unpaired) electrons. The maximum absolute atomic E-state index is 14.7. The number of hydrogen-bond donors (Lipinski definition) is 3. The Bertz CT molecular complexity index is 3030. The highest BCUT2D eigenvalue weighted by Crippen LogP contribution is 2.49. The molecular formula is C44H37N9O4S4. The maximum atomic E-state index is 14.7. The van der Waals surface area contributed by atoms with Crippen molar-refractivity contribution in [2.45, 2.75) is 56.9 Å². The molecule has 0 spiro atoms. The van der Waals surface area contributed by atoms with E-state index in [1.165, 1.54) is 29.8 Å². The normalized spacial score (nSPS) is 17.4. The first-order valence-corrected chi connectivity index (χ1v) is 23.7. The standard InChI is InChI=1S/C44H37N9O4S4/c1-57-44(54)53-43-48-21-27(22-49-43)31-18-30(23-9-4-2-5-10-23)33-35(45)42(58-39(33)50-31)61(56)32-16-15-29(32)25-17-26(20-47-19-25)38-51-37(24-11-6-3-7-12-24)34-36(46)41(59-40(34)52-38)60(55)28-13-8-14-28/h2-7,9-12,17-22,28-29,32H,8,13-16,45-46H2,1H3,(H,48,49,53,54). The number of aromatic nitrogens is 6. The topological polar surface area (TPSA) is 202 Å². The van der Waals surface area contributed by atoms with Gasteiger partial charge in [0, 0.05) is 63.3 Å². The molecule has 10 rings (SSSR count). The van der Waals surface area contributed by atoms with Crippen LogP contribution in [0.1, 0.15) is 43.6 Å². The Kier molecular flexibility index (Phi) is 10.3. The molecule has 0 aliphatic heterocycles. The summed E-state index contributed by atoms with van der Waals surface area (Å²) in [6.45, 7) is 0. The Hall–Kier alpha value is -6.01. The van der Waals surface area contributed by atoms with Gasteiger partial charge in [0.05, 0.1) is 56.9 Å². The third kappa shape index (κ3) is 7.14. The van der Waals surface area contributed by atoms with E-state index in [1.807, 2.05) is 79.0 Å². The van der Waals surface area contributed by atoms with Crippen molar-refractivity contribution in [2.75, 3.05) is 23.9 Å². The van der Waals surface area contributed by atoms with Gasteiger partial charge in [-0.25, -0.2) is 29.7 Å². The highest BCUT2D eigenvalue weighted by molar-refractivity contribution is 7.88. The summed E-state index contributed by atoms with van der Waals surface area (Å²) < 4.78 is 34.2. The van der Waals surface area contributed by atoms with E-state index < -0.39 is 27.7 Å². The molecule has 13 nitrogen and oxygen atoms in total. The number of nitrogen functional groups attached to an aromatic ring is 2. The summed E-state index contributed by atoms with van der Waals surface area (Å²) in [6.07, 6.45) is 10.6. The van der Waals surface area contributed by atoms with Crippen LogP contribution in [0.2, 0.25) is 0 Å². The van der Waals surface area contributed by atoms with Crippen molar-refractivity contribution in [1.29, 1.82) is 0 Å². The lowest BCUT2D eigenvalue weighted by Crippen LogP contribution is -2.33. The predicted octanol–water partition coefficient (Wildman–Crippen LogP) is 9.21. The van der Waals surface area contributed by atoms with E-state index in [0.29, 0.717) is 52.2 Å². The molecule has 4 atom stereocenters. The van der Waals surface area contributed by atoms with Crippen LogP contribution in [0.5, 0.6) is 0 Å². The molecule has 2 fully saturated rings. The molecule has 17 heteroatoms. The van der Waals surface area contributed by atoms with Gasteiger partial charge in [-0.2, -0.15) is 0 Å². The highest BCUT2D eigenvalue weighted by Gasteiger charge is 2.39. The van der Waals surface area contributed by atoms with Gasteiger partial charge >= 0.3 is 6.09 Å². The SMILES string of the molecule is COC(=O)Nc1ncc(-c2cc(-c3ccccc3)c3c(N)c(S(=O)C4CCC4c4cncc(-c5nc(-c6ccccc6)c6c(N)c(S(=O)C7CCC7)sc6n5)c4)sc3n2)cn1. The van der Waals surface area contributed by atoms with Crippen molar-refractivity contribution in [3.8, 4) is 45.0 Å². The summed E-state index contributed by atoms with van der Waals surface area (Å²) >= 11 is 2.72. The number of methoxy groups -OCH3 is 1. The number of fused-ring (bicyclic) bond motifs is 2. The van der Waals surface area contributed by atoms with Crippen molar-refractivity contribution < 1.29 is 17.9 Å². The average Bonchev–Trinajstić information content (AvgIpc) is 3.78. The van der Waals surface area contributed by atoms with Gasteiger partial charge in [0.25, 0.3) is 0 Å². The number of hydrogen-bond acceptors (Lipinski definition) is 14. The van der Waals surface area contributed by atoms with Crippen LogP contribution in [0, 0.1) is 0 Å². The van der Waals surface area contributed by atoms with Crippen molar-refractivity contribution in [3.05, 3.63) is 103 Å². The quantitative estimate of drug-likeness (QED) is 0.118. The first-order chi connectivity index (χ1) is 29.7. The molecule has 1 amide bonds. The zero-order valence-corrected chi connectivity index (χ0v) is 35.9. The molecule has 2 saturated carbocycles. The lowest BCUT2D eigenvalue weighted by molar-refractivity contribution is 0.186. The smallest absolute Gasteiger partial charge is 0.413 e. The van der Waals surface area contributed by atoms with Crippen LogP contribution in [-0.4, -0.2) is 62.0 Å². The number of thiophene rings is 2. The van der Waals surface area contributed by atoms with Gasteiger partial charge in [-0.3, -0.25) is 18.7 Å². The third-order valence-electron chi connectivity index (χ3n) is 11.4. The van der Waals surface area contributed by atoms with Crippen molar-refractivity contribution in [1.82, 2.24) is 29.9 Å². The Morgan fingerprint density at radius 1 is 0.738 bits per heavy atom. The zero-order chi connectivity index (χ0) is 41.8. The minimum atomic E-state index is -1.47. The molecule has 6 aromatic heterocycles. The van der Waals surface area contributed by atoms with E-state index >= 15 is 0 Å². The molecule has 2 aliphatic rings. The van der Waals surface area contributed by atoms with Crippen LogP contribution in [0.25, 0.3) is 65.5 Å². The largest absolute Gasteiger partial charge is 0.453 e. The first-order valence-electron chi connectivity index (χ1n) is 19.6. The number of rotatable bonds is 10. The second kappa shape index (κ2) is 16.1. The van der Waals surface area contributed by atoms with Crippen molar-refractivity contribution in [2.24, 2.45) is 0 Å². The molecule has 0 saturated heterocycles. The summed E-state index contributed by atoms with van der Waals surface area (Å²) in [7, 11) is -1.41. The number of amides is 1. The Labute approximate surface area is 363 Å². The zero-order valence-electron chi connectivity index (χ0n) is 32.6. The molecule has 0 bridgehead atoms. The molecule has 306 valence electrons. The molecule has 6 heterocycles. The van der Waals surface area contributed by atoms with Gasteiger partial charge in [0.1, 0.15) is 18.1 Å². The molecule has 5 N–H and O–H groups in total. The van der Waals surface area contributed by atoms with Gasteiger partial charge in [-0.15, -0.1) is 22.7 Å². The van der Waals surface area contributed by atoms with Crippen LogP contribution in [0.15, 0.2) is 106 Å². The summed E-state index contributed by atoms with van der Waals surface area (Å²) in [5.74, 6) is 0.540. The third-order valence-corrected chi connectivity index (χ3v) is 18.0. The number of pyridine rings is 2. The lowest BCUT2D eigenvalue weighted by atomic mass is 9.79. The van der Waals surface area contributed by atoms with Crippen molar-refractivity contribution >= 4 is 88.1 Å². The fraction of sp³-hybridized carbons (Fsp3) is 0.205. The van der Waals surface area contributed by atoms with E-state index in [1.54, 1.807) is 18.6 Å². The van der Waals surface area contributed by atoms with E-state index in [4.69, 9.17) is 26.4 Å². The number of carbonyl (C=O) groups is 1. The van der Waals surface area contributed by atoms with Crippen LogP contribution in [0.3, 0.4) is 0 Å². The van der Waals surface area contributed by atoms with Gasteiger partial charge in [-0.05, 0) is 54.5 Å². The molecule has 4 unspecified atom stereocenters. The van der Waals surface area contributed by atoms with E-state index in [0.717, 1.165) is 70.7 Å². The Morgan fingerprint density at radius 2 is 1.41 bits per heavy atom. The van der Waals surface area contributed by atoms with Crippen LogP contribution in [0.4, 0.5) is 22.1 Å². The van der Waals surface area contributed by atoms with Crippen LogP contribution in [-0.2, 0) is 26.3 Å². The highest BCUT2D eigenvalue weighted by atomic mass is 32.2. The number of carbonyl (C=O) groups excluding carboxylic acids is 1. The van der Waals surface area contributed by atoms with Crippen LogP contribution >= 0.6 is 22.7 Å². The fourth-order valence-corrected chi connectivity index (χ4v) is 14.3. The van der Waals surface area contributed by atoms with E-state index in [-0.39, 0.29) is 22.4 Å². The summed E-state index contributed by atoms with van der Waals surface area (Å²) in [4.78, 5) is 41.3. The first kappa shape index (κ1) is 39.1. The van der Waals surface area contributed by atoms with E-state index in [9.17, 15) is 13.2 Å². The maximum Gasteiger partial charge on any atom is 0.413 e. The average molecular weight is 884 g/mol. The minimum absolute atomic E-state index is 0.0459. The second-order valence-corrected chi connectivity index (χ2v) is 20.7. The van der Waals surface area contributed by atoms with Gasteiger partial charge in [0.2, 0.25) is 5.95 Å². The summed E-state index contributed by atoms with van der Waals surface area (Å²) in [5, 5.41) is 3.83. The van der Waals surface area contributed by atoms with Crippen molar-refractivity contribution in [3.63, 3.8) is 0 Å². The van der Waals surface area contributed by atoms with Crippen LogP contribution < -0.4 is 16.8 Å². The number of nitrogens with two attached hydrogens (primary N) is 2. The molecule has 2 aromatic carbocycles. The molecule has 8 aromatic rings. The summed E-state index contributed by atoms with van der Waals surface area (Å²) in [5.41, 5.74) is 20.9. The monoisotopic (exact) mass is 883 g/mol. The Balaban J connectivity index is 0.989. The van der Waals surface area contributed by atoms with Gasteiger partial charge < -0.3 is 16.2 Å². The molecular weight excluding hydrogens is 847 g/mol. The lowest BCUT2D eigenvalue weighted by Gasteiger charge is -2.35. The number of nitrogens with zero attached hydrogens (tertiary/aromatic N) is 6. The number of ether oxygens (including phenoxy) is 1. The van der Waals surface area contributed by atoms with Gasteiger partial charge in [0.15, 0.2) is 5.82 Å². The summed E-state index contributed by atoms with van der Waals surface area (Å²) in [6, 6.07) is 23.7. The second-order valence-electron chi connectivity index (χ2n) is 14.9. The van der Waals surface area contributed by atoms with Gasteiger partial charge in [-0.1, -0.05) is 67.1 Å². The molecule has 61 heavy (non-hydrogen) atoms. The van der Waals surface area contributed by atoms with E-state index in [2.05, 4.69) is 25.0 Å².